The number of hydrogen-bond acceptors (Lipinski definition) is 15. The number of aliphatic carboxylic acids is 1. The number of nitrogens with one attached hydrogen (secondary N) is 9. The Bertz CT molecular complexity index is 2750. The summed E-state index contributed by atoms with van der Waals surface area (Å²) in [5, 5.41) is 41.5. The largest absolute Gasteiger partial charge is 0.480 e. The Hall–Kier alpha value is -8.30. The van der Waals surface area contributed by atoms with Gasteiger partial charge in [0.15, 0.2) is 0 Å². The van der Waals surface area contributed by atoms with E-state index in [-0.39, 0.29) is 64.0 Å². The normalized spacial score (nSPS) is 16.9. The molecule has 0 saturated carbocycles. The van der Waals surface area contributed by atoms with Gasteiger partial charge in [-0.2, -0.15) is 0 Å². The summed E-state index contributed by atoms with van der Waals surface area (Å²) in [7, 11) is 0. The summed E-state index contributed by atoms with van der Waals surface area (Å²) in [5.41, 5.74) is 19.3. The molecule has 17 N–H and O–H groups in total. The number of nitrogens with two attached hydrogens (primary N) is 3. The van der Waals surface area contributed by atoms with Crippen LogP contribution in [0.3, 0.4) is 0 Å². The van der Waals surface area contributed by atoms with E-state index in [2.05, 4.69) is 52.5 Å². The minimum atomic E-state index is -1.74. The van der Waals surface area contributed by atoms with Crippen molar-refractivity contribution in [1.82, 2.24) is 57.4 Å². The van der Waals surface area contributed by atoms with Crippen LogP contribution in [0.15, 0.2) is 73.2 Å². The number of carbonyl (C=O) groups is 11. The lowest BCUT2D eigenvalue weighted by atomic mass is 9.95. The highest BCUT2D eigenvalue weighted by atomic mass is 16.4. The highest BCUT2D eigenvalue weighted by molar-refractivity contribution is 6.00. The van der Waals surface area contributed by atoms with Gasteiger partial charge in [-0.05, 0) is 74.5 Å². The van der Waals surface area contributed by atoms with E-state index in [0.717, 1.165) is 4.90 Å². The topological polar surface area (TPSA) is 434 Å². The Labute approximate surface area is 501 Å². The zero-order valence-corrected chi connectivity index (χ0v) is 50.0. The van der Waals surface area contributed by atoms with E-state index >= 15 is 0 Å². The molecule has 2 heterocycles. The Balaban J connectivity index is 1.61. The van der Waals surface area contributed by atoms with Crippen molar-refractivity contribution >= 4 is 65.0 Å². The maximum absolute atomic E-state index is 14.7. The summed E-state index contributed by atoms with van der Waals surface area (Å²) in [6.45, 7) is 11.6. The van der Waals surface area contributed by atoms with Gasteiger partial charge < -0.3 is 79.8 Å². The number of amides is 10. The maximum atomic E-state index is 14.7. The number of primary amides is 1. The molecule has 1 aliphatic rings. The molecule has 27 nitrogen and oxygen atoms in total. The van der Waals surface area contributed by atoms with Crippen molar-refractivity contribution in [2.45, 2.75) is 179 Å². The predicted octanol–water partition coefficient (Wildman–Crippen LogP) is -1.54. The minimum Gasteiger partial charge on any atom is -0.480 e. The first-order valence-electron chi connectivity index (χ1n) is 29.2. The van der Waals surface area contributed by atoms with Crippen molar-refractivity contribution in [2.24, 2.45) is 35.0 Å². The number of aromatic nitrogens is 2. The van der Waals surface area contributed by atoms with Gasteiger partial charge in [-0.25, -0.2) is 9.78 Å². The van der Waals surface area contributed by atoms with Gasteiger partial charge in [-0.15, -0.1) is 0 Å². The predicted molar refractivity (Wildman–Crippen MR) is 316 cm³/mol. The molecule has 2 aromatic carbocycles. The first-order chi connectivity index (χ1) is 40.8. The lowest BCUT2D eigenvalue weighted by Crippen LogP contribution is -2.63. The van der Waals surface area contributed by atoms with Crippen LogP contribution >= 0.6 is 0 Å². The number of H-pyrrole nitrogens is 1. The number of hydrogen-bond donors (Lipinski definition) is 14. The summed E-state index contributed by atoms with van der Waals surface area (Å²) >= 11 is 0. The molecule has 1 fully saturated rings. The van der Waals surface area contributed by atoms with Crippen LogP contribution in [0, 0.1) is 17.8 Å². The smallest absolute Gasteiger partial charge is 0.326 e. The quantitative estimate of drug-likeness (QED) is 0.0297. The van der Waals surface area contributed by atoms with Crippen molar-refractivity contribution in [3.05, 3.63) is 90.0 Å². The molecule has 0 spiro atoms. The molecule has 0 bridgehead atoms. The Morgan fingerprint density at radius 2 is 1.09 bits per heavy atom. The highest BCUT2D eigenvalue weighted by Gasteiger charge is 2.42. The van der Waals surface area contributed by atoms with E-state index < -0.39 is 150 Å². The van der Waals surface area contributed by atoms with Gasteiger partial charge in [-0.1, -0.05) is 109 Å². The Kier molecular flexibility index (Phi) is 28.2. The zero-order valence-electron chi connectivity index (χ0n) is 50.0. The molecule has 1 aromatic heterocycles. The minimum absolute atomic E-state index is 0.0546. The number of benzene rings is 2. The number of carboxylic acids is 1. The molecule has 0 unspecified atom stereocenters. The summed E-state index contributed by atoms with van der Waals surface area (Å²) in [6, 6.07) is 3.71. The number of unbranched alkanes of at least 4 members (excludes halogenated alkanes) is 1. The Morgan fingerprint density at radius 1 is 0.616 bits per heavy atom. The van der Waals surface area contributed by atoms with Crippen LogP contribution in [-0.2, 0) is 72.0 Å². The fourth-order valence-corrected chi connectivity index (χ4v) is 9.61. The third kappa shape index (κ3) is 21.6. The molecule has 12 atom stereocenters. The first kappa shape index (κ1) is 70.2. The summed E-state index contributed by atoms with van der Waals surface area (Å²) in [5.74, 6) is -11.4. The zero-order chi connectivity index (χ0) is 63.8. The number of rotatable bonds is 35. The van der Waals surface area contributed by atoms with Gasteiger partial charge in [0, 0.05) is 37.7 Å². The number of imidazole rings is 1. The molecule has 0 radical (unpaired) electrons. The number of carboxylic acid groups (broad SMARTS) is 1. The summed E-state index contributed by atoms with van der Waals surface area (Å²) in [6.07, 6.45) is 1.85. The highest BCUT2D eigenvalue weighted by Crippen LogP contribution is 2.20. The van der Waals surface area contributed by atoms with Gasteiger partial charge in [0.2, 0.25) is 59.1 Å². The standard InChI is InChI=1S/C59H88N14O13/c1-8-34(6)48(57(83)70-47(33(4)5)56(82)72-49(35(7)74)58(84)73-25-17-23-44(73)59(85)86)71-54(80)43(29-45(61)75)68-50(76)39(22-15-16-24-60)65-51(77)40(26-36-18-11-9-12-19-36)66-52(78)41(27-37-20-13-10-14-21-37)67-53(79)42(28-38-30-63-31-64-38)69-55(81)46(62)32(2)3/h9-14,18-21,30-35,39-44,46-49,74H,8,15-17,22-29,60,62H2,1-7H3,(H2,61,75)(H,63,64)(H,65,77)(H,66,78)(H,67,79)(H,68,76)(H,69,81)(H,70,83)(H,71,80)(H,72,82)(H,85,86)/t34-,35+,39-,40-,41-,42-,43-,44-,46-,47-,48-,49-/m0/s1. The molecular weight excluding hydrogens is 1110 g/mol. The molecule has 0 aliphatic carbocycles. The van der Waals surface area contributed by atoms with Crippen molar-refractivity contribution in [2.75, 3.05) is 13.1 Å². The van der Waals surface area contributed by atoms with Crippen LogP contribution in [0.4, 0.5) is 0 Å². The molecule has 3 aromatic rings. The molecular formula is C59H88N14O13. The average molecular weight is 1200 g/mol. The number of carbonyl (C=O) groups excluding carboxylic acids is 10. The molecule has 1 aliphatic heterocycles. The molecule has 4 rings (SSSR count). The number of aromatic amines is 1. The van der Waals surface area contributed by atoms with Crippen LogP contribution in [0.1, 0.15) is 110 Å². The number of aliphatic hydroxyl groups is 1. The second-order valence-corrected chi connectivity index (χ2v) is 22.5. The number of aliphatic hydroxyl groups excluding tert-OH is 1. The summed E-state index contributed by atoms with van der Waals surface area (Å²) < 4.78 is 0. The molecule has 1 saturated heterocycles. The van der Waals surface area contributed by atoms with Crippen LogP contribution < -0.4 is 59.7 Å². The van der Waals surface area contributed by atoms with E-state index in [1.165, 1.54) is 19.4 Å². The van der Waals surface area contributed by atoms with E-state index in [1.807, 2.05) is 0 Å². The summed E-state index contributed by atoms with van der Waals surface area (Å²) in [4.78, 5) is 160. The van der Waals surface area contributed by atoms with Crippen LogP contribution in [-0.4, -0.2) is 170 Å². The maximum Gasteiger partial charge on any atom is 0.326 e. The van der Waals surface area contributed by atoms with E-state index in [9.17, 15) is 63.0 Å². The van der Waals surface area contributed by atoms with E-state index in [4.69, 9.17) is 17.2 Å². The van der Waals surface area contributed by atoms with Gasteiger partial charge >= 0.3 is 5.97 Å². The van der Waals surface area contributed by atoms with Crippen molar-refractivity contribution in [1.29, 1.82) is 0 Å². The van der Waals surface area contributed by atoms with Crippen LogP contribution in [0.2, 0.25) is 0 Å². The van der Waals surface area contributed by atoms with Crippen molar-refractivity contribution < 1.29 is 63.0 Å². The fraction of sp³-hybridized carbons (Fsp3) is 0.559. The monoisotopic (exact) mass is 1200 g/mol. The third-order valence-corrected chi connectivity index (χ3v) is 15.0. The Morgan fingerprint density at radius 3 is 1.57 bits per heavy atom. The number of nitrogens with zero attached hydrogens (tertiary/aromatic N) is 2. The van der Waals surface area contributed by atoms with Crippen LogP contribution in [0.5, 0.6) is 0 Å². The van der Waals surface area contributed by atoms with E-state index in [0.29, 0.717) is 29.7 Å². The van der Waals surface area contributed by atoms with Gasteiger partial charge in [-0.3, -0.25) is 47.9 Å². The van der Waals surface area contributed by atoms with Crippen LogP contribution in [0.25, 0.3) is 0 Å². The molecule has 10 amide bonds. The molecule has 86 heavy (non-hydrogen) atoms. The first-order valence-corrected chi connectivity index (χ1v) is 29.2. The van der Waals surface area contributed by atoms with Gasteiger partial charge in [0.25, 0.3) is 0 Å². The second-order valence-electron chi connectivity index (χ2n) is 22.5. The lowest BCUT2D eigenvalue weighted by molar-refractivity contribution is -0.151. The van der Waals surface area contributed by atoms with E-state index in [1.54, 1.807) is 102 Å². The second kappa shape index (κ2) is 34.6. The SMILES string of the molecule is CC[C@H](C)[C@H](NC(=O)[C@H](CC(N)=O)NC(=O)[C@H](CCCCN)NC(=O)[C@H](Cc1ccccc1)NC(=O)[C@H](Cc1ccccc1)NC(=O)[C@H](Cc1cnc[nH]1)NC(=O)[C@@H](N)C(C)C)C(=O)N[C@H](C(=O)N[C@H](C(=O)N1CCC[C@H]1C(=O)O)[C@@H](C)O)C(C)C. The molecule has 472 valence electrons. The van der Waals surface area contributed by atoms with Gasteiger partial charge in [0.05, 0.1) is 24.9 Å². The molecule has 27 heteroatoms. The third-order valence-electron chi connectivity index (χ3n) is 15.0. The van der Waals surface area contributed by atoms with Crippen molar-refractivity contribution in [3.63, 3.8) is 0 Å². The lowest BCUT2D eigenvalue weighted by Gasteiger charge is -2.32. The van der Waals surface area contributed by atoms with Gasteiger partial charge in [0.1, 0.15) is 54.4 Å². The van der Waals surface area contributed by atoms with Crippen molar-refractivity contribution in [3.8, 4) is 0 Å². The number of likely N-dealkylation sites (tertiary alicyclic amines) is 1. The fourth-order valence-electron chi connectivity index (χ4n) is 9.61. The average Bonchev–Trinajstić information content (AvgIpc) is 3.04.